The van der Waals surface area contributed by atoms with Crippen LogP contribution in [-0.4, -0.2) is 28.8 Å². The van der Waals surface area contributed by atoms with Crippen LogP contribution in [0.4, 0.5) is 5.69 Å². The lowest BCUT2D eigenvalue weighted by Crippen LogP contribution is -2.38. The molecule has 1 aromatic carbocycles. The Labute approximate surface area is 117 Å². The van der Waals surface area contributed by atoms with Crippen LogP contribution < -0.4 is 5.32 Å². The number of halogens is 1. The third kappa shape index (κ3) is 3.70. The average Bonchev–Trinajstić information content (AvgIpc) is 2.43. The number of para-hydroxylation sites is 1. The highest BCUT2D eigenvalue weighted by Gasteiger charge is 2.26. The Hall–Kier alpha value is -1.55. The van der Waals surface area contributed by atoms with Crippen LogP contribution in [0.1, 0.15) is 25.0 Å². The maximum absolute atomic E-state index is 11.6. The summed E-state index contributed by atoms with van der Waals surface area (Å²) in [5.74, 6) is -2.07. The Morgan fingerprint density at radius 2 is 1.79 bits per heavy atom. The Balaban J connectivity index is 3.14. The number of carboxylic acid groups (broad SMARTS) is 1. The monoisotopic (exact) mass is 283 g/mol. The number of aliphatic carboxylic acids is 1. The highest BCUT2D eigenvalue weighted by molar-refractivity contribution is 6.30. The summed E-state index contributed by atoms with van der Waals surface area (Å²) >= 11 is 5.45. The number of carboxylic acids is 1. The third-order valence-electron chi connectivity index (χ3n) is 2.99. The van der Waals surface area contributed by atoms with E-state index in [0.717, 1.165) is 29.7 Å². The van der Waals surface area contributed by atoms with Crippen molar-refractivity contribution in [2.45, 2.75) is 32.7 Å². The van der Waals surface area contributed by atoms with Crippen molar-refractivity contribution >= 4 is 29.0 Å². The Kier molecular flexibility index (Phi) is 5.83. The Bertz CT molecular complexity index is 452. The Morgan fingerprint density at radius 3 is 2.16 bits per heavy atom. The molecule has 104 valence electrons. The minimum atomic E-state index is -1.30. The van der Waals surface area contributed by atoms with Crippen LogP contribution >= 0.6 is 11.6 Å². The smallest absolute Gasteiger partial charge is 0.334 e. The molecule has 4 nitrogen and oxygen atoms in total. The molecule has 0 aromatic heterocycles. The summed E-state index contributed by atoms with van der Waals surface area (Å²) in [7, 11) is 0. The molecule has 0 radical (unpaired) electrons. The van der Waals surface area contributed by atoms with Gasteiger partial charge in [-0.25, -0.2) is 4.79 Å². The number of aryl methyl sites for hydroxylation is 2. The summed E-state index contributed by atoms with van der Waals surface area (Å²) < 4.78 is 0. The summed E-state index contributed by atoms with van der Waals surface area (Å²) in [5, 5.41) is 12.0. The molecule has 0 bridgehead atoms. The van der Waals surface area contributed by atoms with E-state index in [-0.39, 0.29) is 5.88 Å². The number of Topliss-reactive ketones (excluding diaryl/α,β-unsaturated/α-hetero) is 1. The van der Waals surface area contributed by atoms with Crippen LogP contribution in [0.2, 0.25) is 0 Å². The molecule has 0 saturated carbocycles. The summed E-state index contributed by atoms with van der Waals surface area (Å²) in [6.07, 6.45) is 1.52. The summed E-state index contributed by atoms with van der Waals surface area (Å²) in [6.45, 7) is 3.97. The number of carbonyl (C=O) groups excluding carboxylic acids is 1. The largest absolute Gasteiger partial charge is 0.479 e. The van der Waals surface area contributed by atoms with Crippen molar-refractivity contribution in [2.24, 2.45) is 0 Å². The number of hydrogen-bond donors (Lipinski definition) is 2. The minimum Gasteiger partial charge on any atom is -0.479 e. The number of anilines is 1. The van der Waals surface area contributed by atoms with Gasteiger partial charge in [0.1, 0.15) is 0 Å². The van der Waals surface area contributed by atoms with Crippen LogP contribution in [0.25, 0.3) is 0 Å². The zero-order chi connectivity index (χ0) is 14.4. The fraction of sp³-hybridized carbons (Fsp3) is 0.429. The predicted molar refractivity (Wildman–Crippen MR) is 76.0 cm³/mol. The maximum atomic E-state index is 11.6. The van der Waals surface area contributed by atoms with Gasteiger partial charge < -0.3 is 10.4 Å². The highest BCUT2D eigenvalue weighted by atomic mass is 35.5. The van der Waals surface area contributed by atoms with Gasteiger partial charge in [0.25, 0.3) is 0 Å². The number of hydrogen-bond acceptors (Lipinski definition) is 3. The van der Waals surface area contributed by atoms with Gasteiger partial charge in [-0.2, -0.15) is 0 Å². The Morgan fingerprint density at radius 1 is 1.26 bits per heavy atom. The summed E-state index contributed by atoms with van der Waals surface area (Å²) in [6, 6.07) is 4.48. The minimum absolute atomic E-state index is 0.320. The van der Waals surface area contributed by atoms with E-state index in [1.54, 1.807) is 0 Å². The van der Waals surface area contributed by atoms with Gasteiger partial charge in [-0.05, 0) is 24.0 Å². The molecule has 0 fully saturated rings. The average molecular weight is 284 g/mol. The number of carbonyl (C=O) groups is 2. The van der Waals surface area contributed by atoms with Gasteiger partial charge >= 0.3 is 5.97 Å². The van der Waals surface area contributed by atoms with Gasteiger partial charge in [0.05, 0.1) is 5.88 Å². The lowest BCUT2D eigenvalue weighted by molar-refractivity contribution is -0.140. The van der Waals surface area contributed by atoms with Crippen molar-refractivity contribution in [1.29, 1.82) is 0 Å². The summed E-state index contributed by atoms with van der Waals surface area (Å²) in [5.41, 5.74) is 2.72. The van der Waals surface area contributed by atoms with Gasteiger partial charge in [-0.15, -0.1) is 11.6 Å². The van der Waals surface area contributed by atoms with Gasteiger partial charge in [0.15, 0.2) is 11.8 Å². The molecule has 5 heteroatoms. The normalized spacial score (nSPS) is 11.9. The molecular formula is C14H18ClNO3. The van der Waals surface area contributed by atoms with E-state index in [1.807, 2.05) is 32.0 Å². The lowest BCUT2D eigenvalue weighted by atomic mass is 10.0. The molecule has 19 heavy (non-hydrogen) atoms. The van der Waals surface area contributed by atoms with Gasteiger partial charge in [0.2, 0.25) is 0 Å². The van der Waals surface area contributed by atoms with E-state index in [4.69, 9.17) is 16.7 Å². The highest BCUT2D eigenvalue weighted by Crippen LogP contribution is 2.23. The molecule has 0 aliphatic heterocycles. The SMILES string of the molecule is CCc1cccc(CC)c1NC(C(=O)O)C(=O)CCl. The molecule has 0 saturated heterocycles. The van der Waals surface area contributed by atoms with E-state index in [1.165, 1.54) is 0 Å². The van der Waals surface area contributed by atoms with Gasteiger partial charge in [0, 0.05) is 5.69 Å². The van der Waals surface area contributed by atoms with Crippen molar-refractivity contribution < 1.29 is 14.7 Å². The first-order valence-electron chi connectivity index (χ1n) is 6.23. The first kappa shape index (κ1) is 15.5. The van der Waals surface area contributed by atoms with Crippen molar-refractivity contribution in [3.05, 3.63) is 29.3 Å². The molecule has 0 aliphatic carbocycles. The van der Waals surface area contributed by atoms with E-state index in [0.29, 0.717) is 0 Å². The molecule has 2 N–H and O–H groups in total. The predicted octanol–water partition coefficient (Wildman–Crippen LogP) is 2.48. The fourth-order valence-corrected chi connectivity index (χ4v) is 2.08. The number of rotatable bonds is 7. The zero-order valence-electron chi connectivity index (χ0n) is 11.1. The van der Waals surface area contributed by atoms with Gasteiger partial charge in [-0.1, -0.05) is 32.0 Å². The van der Waals surface area contributed by atoms with E-state index < -0.39 is 17.8 Å². The number of ketones is 1. The van der Waals surface area contributed by atoms with E-state index >= 15 is 0 Å². The standard InChI is InChI=1S/C14H18ClNO3/c1-3-9-6-5-7-10(4-2)12(9)16-13(14(18)19)11(17)8-15/h5-7,13,16H,3-4,8H2,1-2H3,(H,18,19). The molecule has 0 amide bonds. The molecule has 1 rings (SSSR count). The van der Waals surface area contributed by atoms with Crippen molar-refractivity contribution in [1.82, 2.24) is 0 Å². The molecular weight excluding hydrogens is 266 g/mol. The zero-order valence-corrected chi connectivity index (χ0v) is 11.8. The number of alkyl halides is 1. The van der Waals surface area contributed by atoms with Gasteiger partial charge in [-0.3, -0.25) is 4.79 Å². The fourth-order valence-electron chi connectivity index (χ4n) is 1.93. The second-order valence-electron chi connectivity index (χ2n) is 4.17. The van der Waals surface area contributed by atoms with Crippen molar-refractivity contribution in [3.8, 4) is 0 Å². The number of benzene rings is 1. The second-order valence-corrected chi connectivity index (χ2v) is 4.44. The molecule has 0 heterocycles. The third-order valence-corrected chi connectivity index (χ3v) is 3.25. The first-order chi connectivity index (χ1) is 9.04. The van der Waals surface area contributed by atoms with Crippen LogP contribution in [0.5, 0.6) is 0 Å². The van der Waals surface area contributed by atoms with E-state index in [2.05, 4.69) is 5.32 Å². The topological polar surface area (TPSA) is 66.4 Å². The van der Waals surface area contributed by atoms with E-state index in [9.17, 15) is 9.59 Å². The summed E-state index contributed by atoms with van der Waals surface area (Å²) in [4.78, 5) is 22.7. The molecule has 1 unspecified atom stereocenters. The molecule has 1 atom stereocenters. The van der Waals surface area contributed by atoms with Crippen molar-refractivity contribution in [2.75, 3.05) is 11.2 Å². The molecule has 0 spiro atoms. The first-order valence-corrected chi connectivity index (χ1v) is 6.77. The molecule has 1 aromatic rings. The van der Waals surface area contributed by atoms with Crippen LogP contribution in [0, 0.1) is 0 Å². The van der Waals surface area contributed by atoms with Crippen molar-refractivity contribution in [3.63, 3.8) is 0 Å². The quantitative estimate of drug-likeness (QED) is 0.596. The van der Waals surface area contributed by atoms with Crippen LogP contribution in [-0.2, 0) is 22.4 Å². The maximum Gasteiger partial charge on any atom is 0.334 e. The van der Waals surface area contributed by atoms with Crippen LogP contribution in [0.3, 0.4) is 0 Å². The number of nitrogens with one attached hydrogen (secondary N) is 1. The lowest BCUT2D eigenvalue weighted by Gasteiger charge is -2.19. The van der Waals surface area contributed by atoms with Crippen LogP contribution in [0.15, 0.2) is 18.2 Å². The molecule has 0 aliphatic rings. The second kappa shape index (κ2) is 7.14.